The molecule has 4 rings (SSSR count). The van der Waals surface area contributed by atoms with Crippen LogP contribution >= 0.6 is 0 Å². The molecule has 34 heavy (non-hydrogen) atoms. The van der Waals surface area contributed by atoms with Crippen molar-refractivity contribution in [2.45, 2.75) is 40.0 Å². The van der Waals surface area contributed by atoms with Gasteiger partial charge in [0.05, 0.1) is 11.3 Å². The van der Waals surface area contributed by atoms with Crippen molar-refractivity contribution in [3.63, 3.8) is 0 Å². The van der Waals surface area contributed by atoms with E-state index in [0.29, 0.717) is 11.4 Å². The number of allylic oxidation sites excluding steroid dienone is 2. The molecule has 2 heterocycles. The second kappa shape index (κ2) is 11.9. The van der Waals surface area contributed by atoms with Gasteiger partial charge in [-0.25, -0.2) is 18.8 Å². The van der Waals surface area contributed by atoms with Crippen LogP contribution < -0.4 is 0 Å². The van der Waals surface area contributed by atoms with Crippen molar-refractivity contribution in [2.24, 2.45) is 15.0 Å². The van der Waals surface area contributed by atoms with Gasteiger partial charge in [-0.3, -0.25) is 4.99 Å². The summed E-state index contributed by atoms with van der Waals surface area (Å²) in [6.45, 7) is 6.05. The van der Waals surface area contributed by atoms with Crippen molar-refractivity contribution in [1.82, 2.24) is 5.16 Å². The molecule has 176 valence electrons. The van der Waals surface area contributed by atoms with E-state index in [1.807, 2.05) is 6.07 Å². The summed E-state index contributed by atoms with van der Waals surface area (Å²) in [5, 5.41) is 4.06. The lowest BCUT2D eigenvalue weighted by Crippen LogP contribution is -2.02. The number of nitrogens with zero attached hydrogens (tertiary/aromatic N) is 4. The van der Waals surface area contributed by atoms with Crippen LogP contribution in [-0.4, -0.2) is 30.0 Å². The topological polar surface area (TPSA) is 63.1 Å². The third-order valence-electron chi connectivity index (χ3n) is 5.13. The van der Waals surface area contributed by atoms with Crippen LogP contribution in [-0.2, 0) is 12.8 Å². The van der Waals surface area contributed by atoms with E-state index in [1.165, 1.54) is 30.3 Å². The van der Waals surface area contributed by atoms with Crippen molar-refractivity contribution in [1.29, 1.82) is 0 Å². The Morgan fingerprint density at radius 2 is 1.79 bits per heavy atom. The number of halogens is 2. The number of hydrogen-bond donors (Lipinski definition) is 0. The van der Waals surface area contributed by atoms with Crippen LogP contribution in [0, 0.1) is 11.6 Å². The van der Waals surface area contributed by atoms with E-state index < -0.39 is 11.6 Å². The van der Waals surface area contributed by atoms with Gasteiger partial charge in [0.1, 0.15) is 17.2 Å². The quantitative estimate of drug-likeness (QED) is 0.386. The Morgan fingerprint density at radius 3 is 2.41 bits per heavy atom. The second-order valence-electron chi connectivity index (χ2n) is 7.57. The Bertz CT molecular complexity index is 1240. The molecular weight excluding hydrogens is 434 g/mol. The highest BCUT2D eigenvalue weighted by molar-refractivity contribution is 6.42. The molecular formula is C27H28F2N4O. The lowest BCUT2D eigenvalue weighted by Gasteiger charge is -1.99. The summed E-state index contributed by atoms with van der Waals surface area (Å²) in [6.07, 6.45) is 6.48. The zero-order valence-corrected chi connectivity index (χ0v) is 19.8. The van der Waals surface area contributed by atoms with Crippen molar-refractivity contribution in [3.8, 4) is 11.3 Å². The highest BCUT2D eigenvalue weighted by Crippen LogP contribution is 2.21. The smallest absolute Gasteiger partial charge is 0.169 e. The predicted octanol–water partition coefficient (Wildman–Crippen LogP) is 6.63. The van der Waals surface area contributed by atoms with Gasteiger partial charge in [-0.2, -0.15) is 0 Å². The fourth-order valence-corrected chi connectivity index (χ4v) is 3.34. The number of aryl methyl sites for hydroxylation is 2. The molecule has 0 saturated carbocycles. The largest absolute Gasteiger partial charge is 0.361 e. The zero-order valence-electron chi connectivity index (χ0n) is 19.8. The average molecular weight is 463 g/mol. The molecule has 3 aromatic rings. The Kier molecular flexibility index (Phi) is 8.73. The Hall–Kier alpha value is -3.74. The molecule has 0 unspecified atom stereocenters. The highest BCUT2D eigenvalue weighted by Gasteiger charge is 2.19. The first-order valence-electron chi connectivity index (χ1n) is 11.3. The van der Waals surface area contributed by atoms with Gasteiger partial charge in [0, 0.05) is 31.3 Å². The molecule has 0 radical (unpaired) electrons. The van der Waals surface area contributed by atoms with Crippen molar-refractivity contribution in [2.75, 3.05) is 7.05 Å². The fourth-order valence-electron chi connectivity index (χ4n) is 3.34. The molecule has 7 heteroatoms. The van der Waals surface area contributed by atoms with E-state index in [9.17, 15) is 8.78 Å². The average Bonchev–Trinajstić information content (AvgIpc) is 3.49. The molecule has 0 atom stereocenters. The van der Waals surface area contributed by atoms with Crippen LogP contribution in [0.4, 0.5) is 8.78 Å². The van der Waals surface area contributed by atoms with Crippen LogP contribution in [0.2, 0.25) is 0 Å². The molecule has 0 bridgehead atoms. The normalized spacial score (nSPS) is 14.2. The summed E-state index contributed by atoms with van der Waals surface area (Å²) in [4.78, 5) is 12.1. The van der Waals surface area contributed by atoms with Crippen LogP contribution in [0.25, 0.3) is 11.3 Å². The van der Waals surface area contributed by atoms with Crippen LogP contribution in [0.1, 0.15) is 44.1 Å². The minimum absolute atomic E-state index is 0.0499. The first-order valence-corrected chi connectivity index (χ1v) is 11.3. The molecule has 0 amide bonds. The van der Waals surface area contributed by atoms with Crippen LogP contribution in [0.5, 0.6) is 0 Å². The summed E-state index contributed by atoms with van der Waals surface area (Å²) < 4.78 is 32.0. The predicted molar refractivity (Wildman–Crippen MR) is 134 cm³/mol. The van der Waals surface area contributed by atoms with Gasteiger partial charge in [-0.15, -0.1) is 0 Å². The third kappa shape index (κ3) is 5.98. The molecule has 0 fully saturated rings. The van der Waals surface area contributed by atoms with Crippen molar-refractivity contribution >= 4 is 17.8 Å². The van der Waals surface area contributed by atoms with E-state index in [1.54, 1.807) is 20.0 Å². The summed E-state index contributed by atoms with van der Waals surface area (Å²) in [7, 11) is 1.61. The van der Waals surface area contributed by atoms with Gasteiger partial charge in [0.2, 0.25) is 0 Å². The highest BCUT2D eigenvalue weighted by atomic mass is 19.2. The number of benzene rings is 2. The summed E-state index contributed by atoms with van der Waals surface area (Å²) in [6, 6.07) is 14.5. The Labute approximate surface area is 198 Å². The molecule has 0 aliphatic carbocycles. The third-order valence-corrected chi connectivity index (χ3v) is 5.13. The molecule has 0 spiro atoms. The Morgan fingerprint density at radius 1 is 1.03 bits per heavy atom. The van der Waals surface area contributed by atoms with E-state index in [2.05, 4.69) is 58.2 Å². The van der Waals surface area contributed by atoms with E-state index in [4.69, 9.17) is 4.52 Å². The monoisotopic (exact) mass is 462 g/mol. The maximum atomic E-state index is 13.6. The maximum Gasteiger partial charge on any atom is 0.169 e. The fraction of sp³-hybridized carbons (Fsp3) is 0.259. The number of aromatic nitrogens is 1. The van der Waals surface area contributed by atoms with Crippen molar-refractivity contribution < 1.29 is 13.3 Å². The molecule has 1 aliphatic heterocycles. The van der Waals surface area contributed by atoms with E-state index in [-0.39, 0.29) is 11.4 Å². The number of aliphatic imine (C=N–C) groups is 3. The molecule has 0 saturated heterocycles. The minimum atomic E-state index is -0.940. The Balaban J connectivity index is 0.000000192. The molecule has 0 N–H and O–H groups in total. The summed E-state index contributed by atoms with van der Waals surface area (Å²) in [5.41, 5.74) is 4.63. The van der Waals surface area contributed by atoms with Gasteiger partial charge in [0.15, 0.2) is 17.5 Å². The van der Waals surface area contributed by atoms with Crippen LogP contribution in [0.15, 0.2) is 79.8 Å². The van der Waals surface area contributed by atoms with Crippen LogP contribution in [0.3, 0.4) is 0 Å². The number of rotatable bonds is 6. The SMILES string of the molecule is C/C=C1/N=C(c2cccc(F)c2F)N=C1C=NC.CCCc1ccc(-c2cc(CC)on2)cc1. The molecule has 5 nitrogen and oxygen atoms in total. The summed E-state index contributed by atoms with van der Waals surface area (Å²) >= 11 is 0. The van der Waals surface area contributed by atoms with Crippen molar-refractivity contribution in [3.05, 3.63) is 88.8 Å². The number of hydrogen-bond acceptors (Lipinski definition) is 5. The van der Waals surface area contributed by atoms with Gasteiger partial charge < -0.3 is 4.52 Å². The molecule has 1 aromatic heterocycles. The molecule has 1 aliphatic rings. The summed E-state index contributed by atoms with van der Waals surface area (Å²) in [5.74, 6) is -0.752. The first kappa shape index (κ1) is 24.9. The standard InChI is InChI=1S/C14H17NO.C13H11F2N3/c1-3-5-11-6-8-12(9-7-11)14-10-13(4-2)16-15-14;1-3-10-11(7-16-2)18-13(17-10)8-5-4-6-9(14)12(8)15/h6-10H,3-5H2,1-2H3;3-7H,1-2H3/b;10-3+,16-7?. The first-order chi connectivity index (χ1) is 16.5. The van der Waals surface area contributed by atoms with E-state index in [0.717, 1.165) is 35.9 Å². The van der Waals surface area contributed by atoms with Gasteiger partial charge in [-0.05, 0) is 31.0 Å². The van der Waals surface area contributed by atoms with Gasteiger partial charge in [-0.1, -0.05) is 61.8 Å². The van der Waals surface area contributed by atoms with E-state index >= 15 is 0 Å². The lowest BCUT2D eigenvalue weighted by atomic mass is 10.1. The minimum Gasteiger partial charge on any atom is -0.361 e. The maximum absolute atomic E-state index is 13.6. The molecule has 2 aromatic carbocycles. The lowest BCUT2D eigenvalue weighted by molar-refractivity contribution is 0.389. The second-order valence-corrected chi connectivity index (χ2v) is 7.57. The van der Waals surface area contributed by atoms with Gasteiger partial charge >= 0.3 is 0 Å². The number of amidine groups is 1. The zero-order chi connectivity index (χ0) is 24.5. The van der Waals surface area contributed by atoms with Gasteiger partial charge in [0.25, 0.3) is 0 Å².